The van der Waals surface area contributed by atoms with Gasteiger partial charge >= 0.3 is 0 Å². The summed E-state index contributed by atoms with van der Waals surface area (Å²) in [7, 11) is 0. The van der Waals surface area contributed by atoms with Gasteiger partial charge < -0.3 is 4.52 Å². The molecule has 0 saturated heterocycles. The van der Waals surface area contributed by atoms with E-state index in [1.807, 2.05) is 54.3 Å². The van der Waals surface area contributed by atoms with Gasteiger partial charge in [0.25, 0.3) is 0 Å². The molecule has 0 N–H and O–H groups in total. The molecule has 0 radical (unpaired) electrons. The Balaban J connectivity index is 1.66. The summed E-state index contributed by atoms with van der Waals surface area (Å²) in [6, 6.07) is 14.1. The second-order valence-electron chi connectivity index (χ2n) is 5.22. The Morgan fingerprint density at radius 1 is 1.09 bits per heavy atom. The van der Waals surface area contributed by atoms with Crippen LogP contribution >= 0.6 is 0 Å². The molecular formula is C17H14N4O. The van der Waals surface area contributed by atoms with Gasteiger partial charge in [0.15, 0.2) is 5.58 Å². The summed E-state index contributed by atoms with van der Waals surface area (Å²) in [6.07, 6.45) is 3.84. The summed E-state index contributed by atoms with van der Waals surface area (Å²) >= 11 is 0. The van der Waals surface area contributed by atoms with Crippen molar-refractivity contribution in [2.24, 2.45) is 0 Å². The van der Waals surface area contributed by atoms with Crippen LogP contribution in [0, 0.1) is 6.92 Å². The fraction of sp³-hybridized carbons (Fsp3) is 0.118. The molecule has 0 aliphatic carbocycles. The zero-order valence-corrected chi connectivity index (χ0v) is 12.1. The molecule has 22 heavy (non-hydrogen) atoms. The molecule has 0 saturated carbocycles. The van der Waals surface area contributed by atoms with Crippen LogP contribution in [-0.2, 0) is 6.54 Å². The Labute approximate surface area is 127 Å². The molecule has 0 atom stereocenters. The van der Waals surface area contributed by atoms with Crippen LogP contribution in [-0.4, -0.2) is 19.9 Å². The van der Waals surface area contributed by atoms with E-state index in [2.05, 4.69) is 27.4 Å². The number of rotatable bonds is 3. The van der Waals surface area contributed by atoms with Gasteiger partial charge in [-0.05, 0) is 24.6 Å². The predicted octanol–water partition coefficient (Wildman–Crippen LogP) is 3.44. The normalized spacial score (nSPS) is 11.1. The zero-order valence-electron chi connectivity index (χ0n) is 12.1. The van der Waals surface area contributed by atoms with E-state index in [9.17, 15) is 0 Å². The van der Waals surface area contributed by atoms with Crippen LogP contribution in [0.4, 0.5) is 0 Å². The molecule has 5 heteroatoms. The quantitative estimate of drug-likeness (QED) is 0.580. The van der Waals surface area contributed by atoms with Crippen molar-refractivity contribution in [2.75, 3.05) is 0 Å². The van der Waals surface area contributed by atoms with Crippen molar-refractivity contribution in [3.8, 4) is 11.3 Å². The molecule has 0 bridgehead atoms. The number of fused-ring (bicyclic) bond motifs is 1. The molecule has 3 heterocycles. The number of hydrogen-bond acceptors (Lipinski definition) is 4. The summed E-state index contributed by atoms with van der Waals surface area (Å²) in [5.41, 5.74) is 5.38. The second-order valence-corrected chi connectivity index (χ2v) is 5.22. The van der Waals surface area contributed by atoms with E-state index in [1.54, 1.807) is 0 Å². The molecule has 3 aromatic heterocycles. The van der Waals surface area contributed by atoms with Gasteiger partial charge in [0, 0.05) is 11.8 Å². The van der Waals surface area contributed by atoms with Gasteiger partial charge in [0.1, 0.15) is 11.2 Å². The van der Waals surface area contributed by atoms with Gasteiger partial charge in [-0.1, -0.05) is 35.5 Å². The maximum Gasteiger partial charge on any atom is 0.185 e. The summed E-state index contributed by atoms with van der Waals surface area (Å²) in [5, 5.41) is 8.35. The highest BCUT2D eigenvalue weighted by molar-refractivity contribution is 5.78. The summed E-state index contributed by atoms with van der Waals surface area (Å²) < 4.78 is 7.10. The minimum atomic E-state index is 0.706. The van der Waals surface area contributed by atoms with Crippen LogP contribution in [0.25, 0.3) is 22.4 Å². The molecule has 5 nitrogen and oxygen atoms in total. The van der Waals surface area contributed by atoms with Crippen LogP contribution in [0.1, 0.15) is 11.3 Å². The molecule has 0 unspecified atom stereocenters. The highest BCUT2D eigenvalue weighted by Gasteiger charge is 2.09. The highest BCUT2D eigenvalue weighted by Crippen LogP contribution is 2.22. The number of benzene rings is 1. The average molecular weight is 290 g/mol. The van der Waals surface area contributed by atoms with Crippen molar-refractivity contribution in [1.82, 2.24) is 19.9 Å². The number of aromatic nitrogens is 4. The second kappa shape index (κ2) is 5.11. The third kappa shape index (κ3) is 2.26. The summed E-state index contributed by atoms with van der Waals surface area (Å²) in [6.45, 7) is 2.64. The molecule has 1 aromatic carbocycles. The Hall–Kier alpha value is -2.95. The molecule has 0 fully saturated rings. The van der Waals surface area contributed by atoms with Crippen molar-refractivity contribution < 1.29 is 4.52 Å². The minimum Gasteiger partial charge on any atom is -0.354 e. The van der Waals surface area contributed by atoms with E-state index in [0.29, 0.717) is 5.58 Å². The number of pyridine rings is 1. The SMILES string of the molecule is Cc1noc2ccc(-c3cnn(Cc4ccccc4)c3)nc12. The average Bonchev–Trinajstić information content (AvgIpc) is 3.16. The van der Waals surface area contributed by atoms with Crippen molar-refractivity contribution in [2.45, 2.75) is 13.5 Å². The topological polar surface area (TPSA) is 56.7 Å². The van der Waals surface area contributed by atoms with Gasteiger partial charge in [0.05, 0.1) is 18.4 Å². The minimum absolute atomic E-state index is 0.706. The molecule has 0 spiro atoms. The maximum atomic E-state index is 5.19. The lowest BCUT2D eigenvalue weighted by molar-refractivity contribution is 0.450. The van der Waals surface area contributed by atoms with E-state index >= 15 is 0 Å². The third-order valence-electron chi connectivity index (χ3n) is 3.60. The van der Waals surface area contributed by atoms with Gasteiger partial charge in [-0.25, -0.2) is 4.98 Å². The smallest absolute Gasteiger partial charge is 0.185 e. The zero-order chi connectivity index (χ0) is 14.9. The maximum absolute atomic E-state index is 5.19. The Morgan fingerprint density at radius 3 is 2.82 bits per heavy atom. The van der Waals surface area contributed by atoms with Gasteiger partial charge in [-0.2, -0.15) is 5.10 Å². The van der Waals surface area contributed by atoms with Crippen molar-refractivity contribution in [3.63, 3.8) is 0 Å². The lowest BCUT2D eigenvalue weighted by Crippen LogP contribution is -1.99. The van der Waals surface area contributed by atoms with Crippen LogP contribution in [0.15, 0.2) is 59.4 Å². The largest absolute Gasteiger partial charge is 0.354 e. The first kappa shape index (κ1) is 12.8. The number of nitrogens with zero attached hydrogens (tertiary/aromatic N) is 4. The number of aryl methyl sites for hydroxylation is 1. The molecule has 0 aliphatic rings. The Morgan fingerprint density at radius 2 is 1.95 bits per heavy atom. The van der Waals surface area contributed by atoms with E-state index in [0.717, 1.165) is 29.0 Å². The van der Waals surface area contributed by atoms with Crippen molar-refractivity contribution in [3.05, 3.63) is 66.1 Å². The molecule has 108 valence electrons. The monoisotopic (exact) mass is 290 g/mol. The van der Waals surface area contributed by atoms with Crippen LogP contribution < -0.4 is 0 Å². The first-order valence-electron chi connectivity index (χ1n) is 7.09. The molecule has 0 aliphatic heterocycles. The van der Waals surface area contributed by atoms with Crippen molar-refractivity contribution in [1.29, 1.82) is 0 Å². The predicted molar refractivity (Wildman–Crippen MR) is 83.3 cm³/mol. The van der Waals surface area contributed by atoms with Crippen LogP contribution in [0.5, 0.6) is 0 Å². The van der Waals surface area contributed by atoms with E-state index in [1.165, 1.54) is 5.56 Å². The molecule has 4 aromatic rings. The van der Waals surface area contributed by atoms with E-state index in [-0.39, 0.29) is 0 Å². The first-order chi connectivity index (χ1) is 10.8. The fourth-order valence-corrected chi connectivity index (χ4v) is 2.45. The van der Waals surface area contributed by atoms with Crippen molar-refractivity contribution >= 4 is 11.1 Å². The summed E-state index contributed by atoms with van der Waals surface area (Å²) in [5.74, 6) is 0. The summed E-state index contributed by atoms with van der Waals surface area (Å²) in [4.78, 5) is 4.62. The van der Waals surface area contributed by atoms with Gasteiger partial charge in [0.2, 0.25) is 0 Å². The van der Waals surface area contributed by atoms with E-state index in [4.69, 9.17) is 4.52 Å². The first-order valence-corrected chi connectivity index (χ1v) is 7.09. The Kier molecular flexibility index (Phi) is 2.96. The molecular weight excluding hydrogens is 276 g/mol. The van der Waals surface area contributed by atoms with Gasteiger partial charge in [-0.3, -0.25) is 4.68 Å². The third-order valence-corrected chi connectivity index (χ3v) is 3.60. The Bertz CT molecular complexity index is 924. The fourth-order valence-electron chi connectivity index (χ4n) is 2.45. The lowest BCUT2D eigenvalue weighted by Gasteiger charge is -2.00. The highest BCUT2D eigenvalue weighted by atomic mass is 16.5. The van der Waals surface area contributed by atoms with Crippen LogP contribution in [0.3, 0.4) is 0 Å². The molecule has 0 amide bonds. The molecule has 4 rings (SSSR count). The van der Waals surface area contributed by atoms with Crippen LogP contribution in [0.2, 0.25) is 0 Å². The standard InChI is InChI=1S/C17H14N4O/c1-12-17-16(22-20-12)8-7-15(19-17)14-9-18-21(11-14)10-13-5-3-2-4-6-13/h2-9,11H,10H2,1H3. The lowest BCUT2D eigenvalue weighted by atomic mass is 10.2. The number of hydrogen-bond donors (Lipinski definition) is 0. The van der Waals surface area contributed by atoms with E-state index < -0.39 is 0 Å². The van der Waals surface area contributed by atoms with Gasteiger partial charge in [-0.15, -0.1) is 0 Å².